The number of hydrogen-bond acceptors (Lipinski definition) is 7. The van der Waals surface area contributed by atoms with Crippen molar-refractivity contribution >= 4 is 34.9 Å². The van der Waals surface area contributed by atoms with Gasteiger partial charge in [0.1, 0.15) is 5.54 Å². The predicted molar refractivity (Wildman–Crippen MR) is 81.8 cm³/mol. The highest BCUT2D eigenvalue weighted by Gasteiger charge is 2.36. The summed E-state index contributed by atoms with van der Waals surface area (Å²) in [5.74, 6) is 0. The first-order chi connectivity index (χ1) is 9.21. The molecule has 0 saturated heterocycles. The second kappa shape index (κ2) is 6.93. The van der Waals surface area contributed by atoms with Gasteiger partial charge in [0.25, 0.3) is 0 Å². The molecule has 7 heteroatoms. The van der Waals surface area contributed by atoms with Gasteiger partial charge >= 0.3 is 0 Å². The molecule has 0 spiro atoms. The van der Waals surface area contributed by atoms with E-state index in [4.69, 9.17) is 0 Å². The van der Waals surface area contributed by atoms with Crippen LogP contribution in [0.1, 0.15) is 32.6 Å². The average Bonchev–Trinajstić information content (AvgIpc) is 2.87. The van der Waals surface area contributed by atoms with Crippen molar-refractivity contribution in [3.8, 4) is 6.07 Å². The lowest BCUT2D eigenvalue weighted by Crippen LogP contribution is -2.48. The third kappa shape index (κ3) is 3.85. The fourth-order valence-electron chi connectivity index (χ4n) is 2.43. The van der Waals surface area contributed by atoms with Gasteiger partial charge in [0.2, 0.25) is 0 Å². The minimum atomic E-state index is -0.336. The van der Waals surface area contributed by atoms with Crippen LogP contribution < -0.4 is 5.32 Å². The zero-order chi connectivity index (χ0) is 13.7. The quantitative estimate of drug-likeness (QED) is 0.842. The summed E-state index contributed by atoms with van der Waals surface area (Å²) < 4.78 is 2.04. The molecule has 1 saturated carbocycles. The molecule has 2 atom stereocenters. The van der Waals surface area contributed by atoms with Crippen molar-refractivity contribution < 1.29 is 0 Å². The molecule has 1 fully saturated rings. The Balaban J connectivity index is 1.99. The zero-order valence-corrected chi connectivity index (χ0v) is 13.6. The van der Waals surface area contributed by atoms with E-state index in [0.29, 0.717) is 5.25 Å². The largest absolute Gasteiger partial charge is 0.300 e. The standard InChI is InChI=1S/C12H18N4S3/c1-3-14-12(8-13)6-4-5-9(7-12)18-11-16-15-10(17-2)19-11/h9,14H,3-7H2,1-2H3. The Bertz CT molecular complexity index is 452. The van der Waals surface area contributed by atoms with Crippen LogP contribution in [0.4, 0.5) is 0 Å². The molecule has 0 radical (unpaired) electrons. The third-order valence-electron chi connectivity index (χ3n) is 3.26. The van der Waals surface area contributed by atoms with Crippen LogP contribution in [0.15, 0.2) is 8.68 Å². The Morgan fingerprint density at radius 1 is 1.53 bits per heavy atom. The molecule has 1 aliphatic rings. The fraction of sp³-hybridized carbons (Fsp3) is 0.750. The van der Waals surface area contributed by atoms with Gasteiger partial charge in [-0.3, -0.25) is 5.32 Å². The molecule has 19 heavy (non-hydrogen) atoms. The lowest BCUT2D eigenvalue weighted by Gasteiger charge is -2.35. The van der Waals surface area contributed by atoms with E-state index in [-0.39, 0.29) is 5.54 Å². The molecule has 1 N–H and O–H groups in total. The summed E-state index contributed by atoms with van der Waals surface area (Å²) in [6.45, 7) is 2.91. The van der Waals surface area contributed by atoms with Crippen molar-refractivity contribution in [1.29, 1.82) is 5.26 Å². The summed E-state index contributed by atoms with van der Waals surface area (Å²) in [5, 5.41) is 21.6. The minimum Gasteiger partial charge on any atom is -0.300 e. The monoisotopic (exact) mass is 314 g/mol. The molecular weight excluding hydrogens is 296 g/mol. The molecule has 2 rings (SSSR count). The highest BCUT2D eigenvalue weighted by Crippen LogP contribution is 2.39. The van der Waals surface area contributed by atoms with E-state index >= 15 is 0 Å². The Labute approximate surface area is 126 Å². The number of aromatic nitrogens is 2. The van der Waals surface area contributed by atoms with Crippen molar-refractivity contribution in [2.75, 3.05) is 12.8 Å². The van der Waals surface area contributed by atoms with Crippen molar-refractivity contribution in [3.05, 3.63) is 0 Å². The summed E-state index contributed by atoms with van der Waals surface area (Å²) in [5.41, 5.74) is -0.336. The molecule has 1 aliphatic carbocycles. The Hall–Kier alpha value is -0.290. The highest BCUT2D eigenvalue weighted by atomic mass is 32.2. The number of hydrogen-bond donors (Lipinski definition) is 1. The molecule has 0 aliphatic heterocycles. The van der Waals surface area contributed by atoms with Crippen LogP contribution in [0.5, 0.6) is 0 Å². The van der Waals surface area contributed by atoms with Crippen LogP contribution >= 0.6 is 34.9 Å². The normalized spacial score (nSPS) is 27.1. The molecule has 0 amide bonds. The van der Waals surface area contributed by atoms with E-state index in [9.17, 15) is 5.26 Å². The molecule has 1 heterocycles. The Morgan fingerprint density at radius 3 is 2.95 bits per heavy atom. The molecular formula is C12H18N4S3. The van der Waals surface area contributed by atoms with Gasteiger partial charge in [-0.25, -0.2) is 0 Å². The van der Waals surface area contributed by atoms with Gasteiger partial charge in [0.05, 0.1) is 6.07 Å². The maximum atomic E-state index is 9.45. The van der Waals surface area contributed by atoms with E-state index < -0.39 is 0 Å². The van der Waals surface area contributed by atoms with Gasteiger partial charge in [0, 0.05) is 5.25 Å². The minimum absolute atomic E-state index is 0.336. The second-order valence-corrected chi connectivity index (χ2v) is 8.18. The van der Waals surface area contributed by atoms with Crippen LogP contribution in [0.25, 0.3) is 0 Å². The van der Waals surface area contributed by atoms with Crippen LogP contribution in [0.3, 0.4) is 0 Å². The molecule has 1 aromatic rings. The van der Waals surface area contributed by atoms with Gasteiger partial charge < -0.3 is 0 Å². The van der Waals surface area contributed by atoms with E-state index in [2.05, 4.69) is 28.5 Å². The third-order valence-corrected chi connectivity index (χ3v) is 6.52. The van der Waals surface area contributed by atoms with Gasteiger partial charge in [0.15, 0.2) is 8.68 Å². The molecule has 0 aromatic carbocycles. The van der Waals surface area contributed by atoms with E-state index in [1.807, 2.05) is 6.26 Å². The van der Waals surface area contributed by atoms with Crippen LogP contribution in [0, 0.1) is 11.3 Å². The molecule has 0 bridgehead atoms. The van der Waals surface area contributed by atoms with Gasteiger partial charge in [-0.1, -0.05) is 41.8 Å². The van der Waals surface area contributed by atoms with E-state index in [1.165, 1.54) is 0 Å². The fourth-order valence-corrected chi connectivity index (χ4v) is 5.46. The Kier molecular flexibility index (Phi) is 5.51. The first-order valence-electron chi connectivity index (χ1n) is 6.42. The molecule has 104 valence electrons. The van der Waals surface area contributed by atoms with E-state index in [1.54, 1.807) is 34.9 Å². The first-order valence-corrected chi connectivity index (χ1v) is 9.34. The number of nitrogens with one attached hydrogen (secondary N) is 1. The van der Waals surface area contributed by atoms with Gasteiger partial charge in [-0.05, 0) is 38.5 Å². The topological polar surface area (TPSA) is 61.6 Å². The maximum Gasteiger partial charge on any atom is 0.175 e. The van der Waals surface area contributed by atoms with Crippen molar-refractivity contribution in [3.63, 3.8) is 0 Å². The van der Waals surface area contributed by atoms with Gasteiger partial charge in [-0.15, -0.1) is 10.2 Å². The lowest BCUT2D eigenvalue weighted by molar-refractivity contribution is 0.309. The highest BCUT2D eigenvalue weighted by molar-refractivity contribution is 8.03. The lowest BCUT2D eigenvalue weighted by atomic mass is 9.82. The zero-order valence-electron chi connectivity index (χ0n) is 11.2. The van der Waals surface area contributed by atoms with Gasteiger partial charge in [-0.2, -0.15) is 5.26 Å². The number of nitrogens with zero attached hydrogens (tertiary/aromatic N) is 3. The number of thioether (sulfide) groups is 2. The summed E-state index contributed by atoms with van der Waals surface area (Å²) >= 11 is 5.06. The van der Waals surface area contributed by atoms with Crippen LogP contribution in [0.2, 0.25) is 0 Å². The average molecular weight is 315 g/mol. The first kappa shape index (κ1) is 15.1. The van der Waals surface area contributed by atoms with Crippen molar-refractivity contribution in [1.82, 2.24) is 15.5 Å². The summed E-state index contributed by atoms with van der Waals surface area (Å²) in [6.07, 6.45) is 6.14. The second-order valence-electron chi connectivity index (χ2n) is 4.60. The predicted octanol–water partition coefficient (Wildman–Crippen LogP) is 3.17. The van der Waals surface area contributed by atoms with Crippen LogP contribution in [-0.2, 0) is 0 Å². The Morgan fingerprint density at radius 2 is 2.32 bits per heavy atom. The molecule has 2 unspecified atom stereocenters. The SMILES string of the molecule is CCNC1(C#N)CCCC(Sc2nnc(SC)s2)C1. The summed E-state index contributed by atoms with van der Waals surface area (Å²) in [7, 11) is 0. The maximum absolute atomic E-state index is 9.45. The van der Waals surface area contributed by atoms with Crippen molar-refractivity contribution in [2.24, 2.45) is 0 Å². The number of rotatable bonds is 5. The van der Waals surface area contributed by atoms with Crippen molar-refractivity contribution in [2.45, 2.75) is 52.1 Å². The smallest absolute Gasteiger partial charge is 0.175 e. The number of nitriles is 1. The summed E-state index contributed by atoms with van der Waals surface area (Å²) in [6, 6.07) is 2.49. The summed E-state index contributed by atoms with van der Waals surface area (Å²) in [4.78, 5) is 0. The molecule has 1 aromatic heterocycles. The molecule has 4 nitrogen and oxygen atoms in total. The van der Waals surface area contributed by atoms with Crippen LogP contribution in [-0.4, -0.2) is 33.8 Å². The van der Waals surface area contributed by atoms with E-state index in [0.717, 1.165) is 40.9 Å².